The highest BCUT2D eigenvalue weighted by Gasteiger charge is 2.30. The van der Waals surface area contributed by atoms with E-state index in [0.29, 0.717) is 28.0 Å². The predicted molar refractivity (Wildman–Crippen MR) is 130 cm³/mol. The smallest absolute Gasteiger partial charge is 0.416 e. The van der Waals surface area contributed by atoms with E-state index < -0.39 is 17.7 Å². The van der Waals surface area contributed by atoms with Gasteiger partial charge in [0.1, 0.15) is 11.5 Å². The normalized spacial score (nSPS) is 11.4. The number of fused-ring (bicyclic) bond motifs is 1. The molecule has 1 N–H and O–H groups in total. The van der Waals surface area contributed by atoms with Crippen molar-refractivity contribution in [2.24, 2.45) is 0 Å². The van der Waals surface area contributed by atoms with Gasteiger partial charge in [-0.25, -0.2) is 4.79 Å². The number of hydrogen-bond donors (Lipinski definition) is 1. The molecule has 0 unspecified atom stereocenters. The molecule has 10 heteroatoms. The van der Waals surface area contributed by atoms with E-state index in [2.05, 4.69) is 5.32 Å². The van der Waals surface area contributed by atoms with Crippen LogP contribution in [0, 0.1) is 0 Å². The van der Waals surface area contributed by atoms with Crippen LogP contribution in [0.25, 0.3) is 16.6 Å². The molecule has 0 aliphatic rings. The number of carbonyl (C=O) groups is 2. The van der Waals surface area contributed by atoms with Crippen molar-refractivity contribution in [2.75, 3.05) is 11.9 Å². The fraction of sp³-hybridized carbons (Fsp3) is 0.154. The Labute approximate surface area is 209 Å². The Morgan fingerprint density at radius 2 is 1.61 bits per heavy atom. The highest BCUT2D eigenvalue weighted by Crippen LogP contribution is 2.38. The molecule has 4 rings (SSSR count). The summed E-state index contributed by atoms with van der Waals surface area (Å²) in [5, 5.41) is 3.29. The maximum absolute atomic E-state index is 12.8. The molecule has 1 heterocycles. The van der Waals surface area contributed by atoms with Gasteiger partial charge in [0.05, 0.1) is 22.7 Å². The van der Waals surface area contributed by atoms with E-state index in [9.17, 15) is 22.8 Å². The Hall–Kier alpha value is -3.98. The van der Waals surface area contributed by atoms with Crippen LogP contribution in [0.2, 0.25) is 5.02 Å². The van der Waals surface area contributed by atoms with E-state index in [-0.39, 0.29) is 29.0 Å². The first-order valence-corrected chi connectivity index (χ1v) is 11.2. The van der Waals surface area contributed by atoms with Gasteiger partial charge in [-0.3, -0.25) is 4.79 Å². The average Bonchev–Trinajstić information content (AvgIpc) is 3.11. The fourth-order valence-electron chi connectivity index (χ4n) is 3.69. The first-order valence-electron chi connectivity index (χ1n) is 10.8. The number of alkyl halides is 3. The second kappa shape index (κ2) is 9.94. The zero-order chi connectivity index (χ0) is 26.0. The number of rotatable bonds is 6. The van der Waals surface area contributed by atoms with Crippen molar-refractivity contribution in [3.63, 3.8) is 0 Å². The maximum Gasteiger partial charge on any atom is 0.416 e. The van der Waals surface area contributed by atoms with Crippen LogP contribution in [0.15, 0.2) is 66.7 Å². The number of halogens is 4. The SMILES string of the molecule is CCOC(=O)c1c(Cl)c2cc(Oc3ccc(C(F)(F)F)cc3)ccc2n1-c1ccc(NC(C)=O)cc1. The molecule has 1 amide bonds. The molecule has 0 fully saturated rings. The van der Waals surface area contributed by atoms with Gasteiger partial charge in [-0.2, -0.15) is 13.2 Å². The van der Waals surface area contributed by atoms with Crippen molar-refractivity contribution in [3.8, 4) is 17.2 Å². The summed E-state index contributed by atoms with van der Waals surface area (Å²) in [5.41, 5.74) is 1.08. The van der Waals surface area contributed by atoms with Gasteiger partial charge in [-0.15, -0.1) is 0 Å². The molecule has 0 aliphatic carbocycles. The topological polar surface area (TPSA) is 69.6 Å². The molecule has 0 saturated heterocycles. The number of nitrogens with one attached hydrogen (secondary N) is 1. The summed E-state index contributed by atoms with van der Waals surface area (Å²) in [6.45, 7) is 3.22. The van der Waals surface area contributed by atoms with Gasteiger partial charge in [0.2, 0.25) is 5.91 Å². The van der Waals surface area contributed by atoms with Crippen molar-refractivity contribution < 1.29 is 32.2 Å². The number of benzene rings is 3. The minimum atomic E-state index is -4.45. The summed E-state index contributed by atoms with van der Waals surface area (Å²) in [6.07, 6.45) is -4.45. The Balaban J connectivity index is 1.76. The first kappa shape index (κ1) is 25.1. The minimum Gasteiger partial charge on any atom is -0.461 e. The number of esters is 1. The third-order valence-electron chi connectivity index (χ3n) is 5.21. The van der Waals surface area contributed by atoms with Gasteiger partial charge in [0.25, 0.3) is 0 Å². The number of hydrogen-bond acceptors (Lipinski definition) is 4. The summed E-state index contributed by atoms with van der Waals surface area (Å²) >= 11 is 6.63. The lowest BCUT2D eigenvalue weighted by Crippen LogP contribution is -2.12. The molecule has 0 aliphatic heterocycles. The summed E-state index contributed by atoms with van der Waals surface area (Å²) in [4.78, 5) is 24.2. The zero-order valence-corrected chi connectivity index (χ0v) is 19.9. The summed E-state index contributed by atoms with van der Waals surface area (Å²) in [6, 6.07) is 16.0. The Morgan fingerprint density at radius 3 is 2.19 bits per heavy atom. The number of aromatic nitrogens is 1. The van der Waals surface area contributed by atoms with Gasteiger partial charge >= 0.3 is 12.1 Å². The Kier molecular flexibility index (Phi) is 6.94. The summed E-state index contributed by atoms with van der Waals surface area (Å²) in [5.74, 6) is -0.324. The second-order valence-electron chi connectivity index (χ2n) is 7.75. The molecular formula is C26H20ClF3N2O4. The molecule has 0 bridgehead atoms. The quantitative estimate of drug-likeness (QED) is 0.274. The largest absolute Gasteiger partial charge is 0.461 e. The van der Waals surface area contributed by atoms with Crippen LogP contribution < -0.4 is 10.1 Å². The van der Waals surface area contributed by atoms with Crippen LogP contribution in [-0.4, -0.2) is 23.1 Å². The lowest BCUT2D eigenvalue weighted by atomic mass is 10.2. The van der Waals surface area contributed by atoms with Crippen LogP contribution in [0.4, 0.5) is 18.9 Å². The molecule has 6 nitrogen and oxygen atoms in total. The number of nitrogens with zero attached hydrogens (tertiary/aromatic N) is 1. The molecule has 0 atom stereocenters. The third-order valence-corrected chi connectivity index (χ3v) is 5.59. The van der Waals surface area contributed by atoms with E-state index in [0.717, 1.165) is 12.1 Å². The van der Waals surface area contributed by atoms with Gasteiger partial charge in [0.15, 0.2) is 5.69 Å². The van der Waals surface area contributed by atoms with Crippen molar-refractivity contribution in [3.05, 3.63) is 83.0 Å². The van der Waals surface area contributed by atoms with Crippen LogP contribution >= 0.6 is 11.6 Å². The van der Waals surface area contributed by atoms with Crippen molar-refractivity contribution in [1.29, 1.82) is 0 Å². The lowest BCUT2D eigenvalue weighted by Gasteiger charge is -2.12. The van der Waals surface area contributed by atoms with E-state index >= 15 is 0 Å². The van der Waals surface area contributed by atoms with Gasteiger partial charge in [0, 0.05) is 23.7 Å². The molecule has 3 aromatic carbocycles. The van der Waals surface area contributed by atoms with Crippen molar-refractivity contribution in [2.45, 2.75) is 20.0 Å². The predicted octanol–water partition coefficient (Wildman–Crippen LogP) is 7.23. The van der Waals surface area contributed by atoms with Crippen molar-refractivity contribution in [1.82, 2.24) is 4.57 Å². The minimum absolute atomic E-state index is 0.104. The van der Waals surface area contributed by atoms with E-state index in [1.54, 1.807) is 54.0 Å². The second-order valence-corrected chi connectivity index (χ2v) is 8.13. The molecular weight excluding hydrogens is 497 g/mol. The highest BCUT2D eigenvalue weighted by atomic mass is 35.5. The Morgan fingerprint density at radius 1 is 0.972 bits per heavy atom. The van der Waals surface area contributed by atoms with Crippen molar-refractivity contribution >= 4 is 40.1 Å². The van der Waals surface area contributed by atoms with E-state index in [1.807, 2.05) is 0 Å². The standard InChI is InChI=1S/C26H20ClF3N2O4/c1-3-35-25(34)24-23(27)21-14-20(36-19-10-4-16(5-11-19)26(28,29)30)12-13-22(21)32(24)18-8-6-17(7-9-18)31-15(2)33/h4-14H,3H2,1-2H3,(H,31,33). The van der Waals surface area contributed by atoms with Crippen LogP contribution in [0.1, 0.15) is 29.9 Å². The van der Waals surface area contributed by atoms with Gasteiger partial charge < -0.3 is 19.4 Å². The average molecular weight is 517 g/mol. The first-order chi connectivity index (χ1) is 17.1. The third kappa shape index (κ3) is 5.16. The highest BCUT2D eigenvalue weighted by molar-refractivity contribution is 6.38. The fourth-order valence-corrected chi connectivity index (χ4v) is 4.00. The van der Waals surface area contributed by atoms with E-state index in [1.165, 1.54) is 19.1 Å². The van der Waals surface area contributed by atoms with Crippen LogP contribution in [0.5, 0.6) is 11.5 Å². The number of anilines is 1. The summed E-state index contributed by atoms with van der Waals surface area (Å²) in [7, 11) is 0. The Bertz CT molecular complexity index is 1430. The number of ether oxygens (including phenoxy) is 2. The number of amides is 1. The molecule has 4 aromatic rings. The van der Waals surface area contributed by atoms with Crippen LogP contribution in [-0.2, 0) is 15.7 Å². The van der Waals surface area contributed by atoms with Crippen LogP contribution in [0.3, 0.4) is 0 Å². The molecule has 0 saturated carbocycles. The molecule has 1 aromatic heterocycles. The molecule has 36 heavy (non-hydrogen) atoms. The van der Waals surface area contributed by atoms with Gasteiger partial charge in [-0.05, 0) is 73.7 Å². The molecule has 0 radical (unpaired) electrons. The lowest BCUT2D eigenvalue weighted by molar-refractivity contribution is -0.137. The molecule has 0 spiro atoms. The monoisotopic (exact) mass is 516 g/mol. The molecule has 186 valence electrons. The van der Waals surface area contributed by atoms with E-state index in [4.69, 9.17) is 21.1 Å². The van der Waals surface area contributed by atoms with Gasteiger partial charge in [-0.1, -0.05) is 11.6 Å². The summed E-state index contributed by atoms with van der Waals surface area (Å²) < 4.78 is 51.1. The number of carbonyl (C=O) groups excluding carboxylic acids is 2. The zero-order valence-electron chi connectivity index (χ0n) is 19.2. The maximum atomic E-state index is 12.8.